The molecule has 0 aliphatic heterocycles. The highest BCUT2D eigenvalue weighted by atomic mass is 16.6. The first kappa shape index (κ1) is 18.9. The molecule has 0 radical (unpaired) electrons. The largest absolute Gasteiger partial charge is 0.443 e. The lowest BCUT2D eigenvalue weighted by Crippen LogP contribution is -2.45. The summed E-state index contributed by atoms with van der Waals surface area (Å²) >= 11 is 0. The molecule has 0 spiro atoms. The normalized spacial score (nSPS) is 11.8. The number of aromatic nitrogens is 1. The maximum Gasteiger partial charge on any atom is 0.424 e. The molecule has 2 amide bonds. The van der Waals surface area contributed by atoms with Crippen LogP contribution in [0.3, 0.4) is 0 Å². The zero-order valence-corrected chi connectivity index (χ0v) is 15.3. The van der Waals surface area contributed by atoms with Gasteiger partial charge in [-0.1, -0.05) is 0 Å². The molecule has 0 aliphatic carbocycles. The number of nitrogens with zero attached hydrogens (tertiary/aromatic N) is 2. The van der Waals surface area contributed by atoms with Gasteiger partial charge in [0.05, 0.1) is 0 Å². The van der Waals surface area contributed by atoms with Gasteiger partial charge in [0, 0.05) is 13.0 Å². The van der Waals surface area contributed by atoms with E-state index in [1.165, 1.54) is 0 Å². The van der Waals surface area contributed by atoms with Crippen molar-refractivity contribution in [2.24, 2.45) is 7.05 Å². The molecule has 6 nitrogen and oxygen atoms in total. The third-order valence-electron chi connectivity index (χ3n) is 2.79. The number of amides is 2. The molecule has 1 aromatic rings. The summed E-state index contributed by atoms with van der Waals surface area (Å²) < 4.78 is 12.5. The summed E-state index contributed by atoms with van der Waals surface area (Å²) in [6, 6.07) is 3.50. The van der Waals surface area contributed by atoms with Crippen molar-refractivity contribution in [3.05, 3.63) is 24.0 Å². The van der Waals surface area contributed by atoms with Gasteiger partial charge in [0.2, 0.25) is 0 Å². The SMILES string of the molecule is Cc1ccc(N(C(=O)OC(C)(C)C)C(=O)OC(C)(C)C)c[n+]1C. The van der Waals surface area contributed by atoms with Crippen LogP contribution in [-0.4, -0.2) is 23.4 Å². The average Bonchev–Trinajstić information content (AvgIpc) is 2.29. The maximum atomic E-state index is 12.5. The van der Waals surface area contributed by atoms with Crippen LogP contribution in [-0.2, 0) is 16.5 Å². The number of carbonyl (C=O) groups excluding carboxylic acids is 2. The second-order valence-corrected chi connectivity index (χ2v) is 7.44. The minimum absolute atomic E-state index is 0.390. The van der Waals surface area contributed by atoms with E-state index in [2.05, 4.69) is 0 Å². The van der Waals surface area contributed by atoms with E-state index >= 15 is 0 Å². The highest BCUT2D eigenvalue weighted by Crippen LogP contribution is 2.20. The summed E-state index contributed by atoms with van der Waals surface area (Å²) in [6.07, 6.45) is 0.148. The number of imide groups is 1. The first-order chi connectivity index (χ1) is 10.3. The van der Waals surface area contributed by atoms with E-state index < -0.39 is 23.4 Å². The smallest absolute Gasteiger partial charge is 0.424 e. The number of hydrogen-bond acceptors (Lipinski definition) is 4. The van der Waals surface area contributed by atoms with Gasteiger partial charge in [0.1, 0.15) is 23.9 Å². The molecule has 128 valence electrons. The van der Waals surface area contributed by atoms with Crippen molar-refractivity contribution in [1.82, 2.24) is 0 Å². The van der Waals surface area contributed by atoms with Crippen molar-refractivity contribution in [3.8, 4) is 0 Å². The standard InChI is InChI=1S/C17H27N2O4/c1-12-9-10-13(11-18(12)8)19(14(20)22-16(2,3)4)15(21)23-17(5,6)7/h9-11H,1-8H3/q+1. The van der Waals surface area contributed by atoms with Crippen LogP contribution in [0.25, 0.3) is 0 Å². The number of hydrogen-bond donors (Lipinski definition) is 0. The molecule has 1 rings (SSSR count). The highest BCUT2D eigenvalue weighted by molar-refractivity contribution is 6.09. The van der Waals surface area contributed by atoms with Gasteiger partial charge in [0.15, 0.2) is 11.9 Å². The molecular formula is C17H27N2O4+. The Labute approximate surface area is 138 Å². The van der Waals surface area contributed by atoms with Crippen molar-refractivity contribution in [3.63, 3.8) is 0 Å². The molecule has 0 bridgehead atoms. The fraction of sp³-hybridized carbons (Fsp3) is 0.588. The van der Waals surface area contributed by atoms with Crippen molar-refractivity contribution in [1.29, 1.82) is 0 Å². The number of ether oxygens (including phenoxy) is 2. The number of pyridine rings is 1. The second kappa shape index (κ2) is 6.56. The third kappa shape index (κ3) is 5.88. The number of aryl methyl sites for hydroxylation is 2. The lowest BCUT2D eigenvalue weighted by atomic mass is 10.2. The summed E-state index contributed by atoms with van der Waals surface area (Å²) in [4.78, 5) is 25.9. The number of rotatable bonds is 1. The van der Waals surface area contributed by atoms with Crippen LogP contribution < -0.4 is 9.47 Å². The van der Waals surface area contributed by atoms with E-state index in [0.29, 0.717) is 5.69 Å². The van der Waals surface area contributed by atoms with Crippen molar-refractivity contribution < 1.29 is 23.6 Å². The Morgan fingerprint density at radius 2 is 1.39 bits per heavy atom. The van der Waals surface area contributed by atoms with Gasteiger partial charge < -0.3 is 9.47 Å². The van der Waals surface area contributed by atoms with Gasteiger partial charge >= 0.3 is 12.2 Å². The number of carbonyl (C=O) groups is 2. The molecule has 1 heterocycles. The summed E-state index contributed by atoms with van der Waals surface area (Å²) in [5, 5.41) is 0. The Morgan fingerprint density at radius 3 is 1.74 bits per heavy atom. The Hall–Kier alpha value is -2.11. The first-order valence-corrected chi connectivity index (χ1v) is 7.52. The molecule has 0 aliphatic rings. The monoisotopic (exact) mass is 323 g/mol. The summed E-state index contributed by atoms with van der Waals surface area (Å²) in [7, 11) is 1.83. The van der Waals surface area contributed by atoms with Crippen LogP contribution in [0.15, 0.2) is 18.3 Å². The van der Waals surface area contributed by atoms with Gasteiger partial charge in [-0.2, -0.15) is 4.90 Å². The van der Waals surface area contributed by atoms with Crippen LogP contribution in [0.4, 0.5) is 15.3 Å². The number of anilines is 1. The Bertz CT molecular complexity index is 570. The van der Waals surface area contributed by atoms with Crippen LogP contribution in [0.1, 0.15) is 47.2 Å². The molecule has 0 saturated carbocycles. The Balaban J connectivity index is 3.22. The van der Waals surface area contributed by atoms with Gasteiger partial charge in [0.25, 0.3) is 0 Å². The van der Waals surface area contributed by atoms with Gasteiger partial charge in [-0.3, -0.25) is 0 Å². The van der Waals surface area contributed by atoms with E-state index in [1.54, 1.807) is 53.8 Å². The fourth-order valence-corrected chi connectivity index (χ4v) is 1.70. The van der Waals surface area contributed by atoms with Crippen molar-refractivity contribution in [2.75, 3.05) is 4.90 Å². The second-order valence-electron chi connectivity index (χ2n) is 7.44. The minimum Gasteiger partial charge on any atom is -0.443 e. The Kier molecular flexibility index (Phi) is 5.40. The lowest BCUT2D eigenvalue weighted by molar-refractivity contribution is -0.677. The van der Waals surface area contributed by atoms with Crippen LogP contribution in [0.2, 0.25) is 0 Å². The van der Waals surface area contributed by atoms with Crippen molar-refractivity contribution in [2.45, 2.75) is 59.7 Å². The Morgan fingerprint density at radius 1 is 0.957 bits per heavy atom. The summed E-state index contributed by atoms with van der Waals surface area (Å²) in [5.74, 6) is 0. The van der Waals surface area contributed by atoms with Crippen LogP contribution in [0.5, 0.6) is 0 Å². The van der Waals surface area contributed by atoms with Gasteiger partial charge in [-0.15, -0.1) is 0 Å². The van der Waals surface area contributed by atoms with E-state index in [0.717, 1.165) is 10.6 Å². The summed E-state index contributed by atoms with van der Waals surface area (Å²) in [5.41, 5.74) is -0.0576. The molecule has 0 saturated heterocycles. The highest BCUT2D eigenvalue weighted by Gasteiger charge is 2.33. The molecule has 0 aromatic carbocycles. The van der Waals surface area contributed by atoms with E-state index in [4.69, 9.17) is 9.47 Å². The zero-order chi connectivity index (χ0) is 18.0. The quantitative estimate of drug-likeness (QED) is 0.742. The lowest BCUT2D eigenvalue weighted by Gasteiger charge is -2.28. The average molecular weight is 323 g/mol. The maximum absolute atomic E-state index is 12.5. The molecule has 6 heteroatoms. The molecule has 0 atom stereocenters. The topological polar surface area (TPSA) is 59.7 Å². The van der Waals surface area contributed by atoms with E-state index in [1.807, 2.05) is 24.6 Å². The van der Waals surface area contributed by atoms with Gasteiger partial charge in [-0.25, -0.2) is 14.2 Å². The van der Waals surface area contributed by atoms with E-state index in [9.17, 15) is 9.59 Å². The molecule has 0 unspecified atom stereocenters. The fourth-order valence-electron chi connectivity index (χ4n) is 1.70. The molecule has 0 N–H and O–H groups in total. The molecule has 1 aromatic heterocycles. The zero-order valence-electron chi connectivity index (χ0n) is 15.3. The van der Waals surface area contributed by atoms with Crippen molar-refractivity contribution >= 4 is 17.9 Å². The van der Waals surface area contributed by atoms with Gasteiger partial charge in [-0.05, 0) is 47.6 Å². The van der Waals surface area contributed by atoms with Crippen LogP contribution in [0, 0.1) is 6.92 Å². The summed E-state index contributed by atoms with van der Waals surface area (Å²) in [6.45, 7) is 12.4. The predicted octanol–water partition coefficient (Wildman–Crippen LogP) is 3.50. The molecule has 0 fully saturated rings. The van der Waals surface area contributed by atoms with Crippen LogP contribution >= 0.6 is 0 Å². The van der Waals surface area contributed by atoms with E-state index in [-0.39, 0.29) is 0 Å². The molecule has 23 heavy (non-hydrogen) atoms. The third-order valence-corrected chi connectivity index (χ3v) is 2.79. The molecular weight excluding hydrogens is 296 g/mol. The predicted molar refractivity (Wildman–Crippen MR) is 87.3 cm³/mol. The first-order valence-electron chi connectivity index (χ1n) is 7.52. The minimum atomic E-state index is -0.768.